The molecule has 0 saturated heterocycles. The third-order valence-corrected chi connectivity index (χ3v) is 4.53. The van der Waals surface area contributed by atoms with Crippen molar-refractivity contribution >= 4 is 27.5 Å². The summed E-state index contributed by atoms with van der Waals surface area (Å²) >= 11 is 0. The van der Waals surface area contributed by atoms with Gasteiger partial charge in [-0.3, -0.25) is 0 Å². The highest BCUT2D eigenvalue weighted by Crippen LogP contribution is 2.28. The van der Waals surface area contributed by atoms with Crippen LogP contribution in [0.4, 0.5) is 0 Å². The second-order valence-electron chi connectivity index (χ2n) is 5.32. The molecule has 7 heteroatoms. The minimum absolute atomic E-state index is 0.140. The number of rotatable bonds is 5. The molecule has 132 valence electrons. The number of carbonyl (C=O) groups is 1. The topological polar surface area (TPSA) is 101 Å². The molecule has 0 atom stereocenters. The van der Waals surface area contributed by atoms with Crippen LogP contribution in [0, 0.1) is 0 Å². The van der Waals surface area contributed by atoms with Gasteiger partial charge in [0.25, 0.3) is 0 Å². The summed E-state index contributed by atoms with van der Waals surface area (Å²) in [5.41, 5.74) is 1.15. The predicted octanol–water partition coefficient (Wildman–Crippen LogP) is 2.61. The SMILES string of the molecule is CCOC(=O)/C(=C/c1ccc(O)c(O)c1)c1ccc(S(C)(=O)=O)cc1. The maximum absolute atomic E-state index is 12.3. The highest BCUT2D eigenvalue weighted by molar-refractivity contribution is 7.90. The first-order chi connectivity index (χ1) is 11.7. The van der Waals surface area contributed by atoms with Gasteiger partial charge in [-0.05, 0) is 48.4 Å². The molecule has 2 N–H and O–H groups in total. The fourth-order valence-corrected chi connectivity index (χ4v) is 2.78. The van der Waals surface area contributed by atoms with E-state index in [1.165, 1.54) is 48.5 Å². The molecular weight excluding hydrogens is 344 g/mol. The van der Waals surface area contributed by atoms with Crippen molar-refractivity contribution in [3.05, 3.63) is 53.6 Å². The van der Waals surface area contributed by atoms with Crippen molar-refractivity contribution in [3.8, 4) is 11.5 Å². The fourth-order valence-electron chi connectivity index (χ4n) is 2.15. The average molecular weight is 362 g/mol. The Hall–Kier alpha value is -2.80. The second-order valence-corrected chi connectivity index (χ2v) is 7.34. The van der Waals surface area contributed by atoms with E-state index in [9.17, 15) is 23.4 Å². The summed E-state index contributed by atoms with van der Waals surface area (Å²) in [5, 5.41) is 19.0. The number of ether oxygens (including phenoxy) is 1. The van der Waals surface area contributed by atoms with Crippen LogP contribution in [0.15, 0.2) is 47.4 Å². The third kappa shape index (κ3) is 4.60. The zero-order valence-electron chi connectivity index (χ0n) is 13.8. The lowest BCUT2D eigenvalue weighted by Crippen LogP contribution is -2.07. The van der Waals surface area contributed by atoms with Gasteiger partial charge in [-0.1, -0.05) is 18.2 Å². The maximum atomic E-state index is 12.3. The monoisotopic (exact) mass is 362 g/mol. The van der Waals surface area contributed by atoms with Crippen molar-refractivity contribution in [2.45, 2.75) is 11.8 Å². The van der Waals surface area contributed by atoms with E-state index in [-0.39, 0.29) is 28.6 Å². The van der Waals surface area contributed by atoms with E-state index >= 15 is 0 Å². The van der Waals surface area contributed by atoms with Gasteiger partial charge in [0.15, 0.2) is 21.3 Å². The Labute approximate surface area is 145 Å². The summed E-state index contributed by atoms with van der Waals surface area (Å²) in [6.07, 6.45) is 2.59. The van der Waals surface area contributed by atoms with Crippen LogP contribution < -0.4 is 0 Å². The maximum Gasteiger partial charge on any atom is 0.338 e. The van der Waals surface area contributed by atoms with Crippen molar-refractivity contribution in [2.75, 3.05) is 12.9 Å². The molecule has 0 aromatic heterocycles. The second kappa shape index (κ2) is 7.40. The number of carbonyl (C=O) groups excluding carboxylic acids is 1. The Morgan fingerprint density at radius 3 is 2.24 bits per heavy atom. The number of hydrogen-bond acceptors (Lipinski definition) is 6. The van der Waals surface area contributed by atoms with Crippen LogP contribution in [0.2, 0.25) is 0 Å². The van der Waals surface area contributed by atoms with E-state index in [2.05, 4.69) is 0 Å². The standard InChI is InChI=1S/C18H18O6S/c1-3-24-18(21)15(10-12-4-9-16(19)17(20)11-12)13-5-7-14(8-6-13)25(2,22)23/h4-11,19-20H,3H2,1-2H3/b15-10+. The smallest absolute Gasteiger partial charge is 0.338 e. The minimum atomic E-state index is -3.34. The van der Waals surface area contributed by atoms with E-state index < -0.39 is 15.8 Å². The number of aromatic hydroxyl groups is 2. The molecule has 0 aliphatic rings. The zero-order chi connectivity index (χ0) is 18.6. The first-order valence-corrected chi connectivity index (χ1v) is 9.33. The number of esters is 1. The summed E-state index contributed by atoms with van der Waals surface area (Å²) in [6, 6.07) is 9.98. The molecule has 0 aliphatic heterocycles. The predicted molar refractivity (Wildman–Crippen MR) is 93.8 cm³/mol. The molecule has 0 amide bonds. The van der Waals surface area contributed by atoms with Crippen LogP contribution in [-0.4, -0.2) is 37.5 Å². The lowest BCUT2D eigenvalue weighted by Gasteiger charge is -2.09. The molecule has 2 aromatic rings. The molecular formula is C18H18O6S. The molecule has 0 aliphatic carbocycles. The largest absolute Gasteiger partial charge is 0.504 e. The summed E-state index contributed by atoms with van der Waals surface area (Å²) in [7, 11) is -3.34. The van der Waals surface area contributed by atoms with Gasteiger partial charge < -0.3 is 14.9 Å². The van der Waals surface area contributed by atoms with Gasteiger partial charge in [0.05, 0.1) is 17.1 Å². The lowest BCUT2D eigenvalue weighted by molar-refractivity contribution is -0.136. The van der Waals surface area contributed by atoms with E-state index in [4.69, 9.17) is 4.74 Å². The number of hydrogen-bond donors (Lipinski definition) is 2. The fraction of sp³-hybridized carbons (Fsp3) is 0.167. The van der Waals surface area contributed by atoms with Crippen LogP contribution in [-0.2, 0) is 19.4 Å². The highest BCUT2D eigenvalue weighted by atomic mass is 32.2. The quantitative estimate of drug-likeness (QED) is 0.367. The Balaban J connectivity index is 2.50. The Morgan fingerprint density at radius 2 is 1.72 bits per heavy atom. The van der Waals surface area contributed by atoms with E-state index in [1.54, 1.807) is 6.92 Å². The highest BCUT2D eigenvalue weighted by Gasteiger charge is 2.15. The zero-order valence-corrected chi connectivity index (χ0v) is 14.6. The van der Waals surface area contributed by atoms with Crippen molar-refractivity contribution in [1.82, 2.24) is 0 Å². The van der Waals surface area contributed by atoms with Crippen LogP contribution in [0.25, 0.3) is 11.6 Å². The van der Waals surface area contributed by atoms with Gasteiger partial charge in [0.2, 0.25) is 0 Å². The first-order valence-electron chi connectivity index (χ1n) is 7.43. The average Bonchev–Trinajstić information content (AvgIpc) is 2.55. The first kappa shape index (κ1) is 18.5. The molecule has 0 fully saturated rings. The molecule has 0 saturated carbocycles. The normalized spacial score (nSPS) is 12.0. The summed E-state index contributed by atoms with van der Waals surface area (Å²) in [6.45, 7) is 1.85. The van der Waals surface area contributed by atoms with Crippen molar-refractivity contribution in [1.29, 1.82) is 0 Å². The molecule has 2 rings (SSSR count). The molecule has 2 aromatic carbocycles. The lowest BCUT2D eigenvalue weighted by atomic mass is 10.0. The minimum Gasteiger partial charge on any atom is -0.504 e. The van der Waals surface area contributed by atoms with Crippen molar-refractivity contribution in [2.24, 2.45) is 0 Å². The van der Waals surface area contributed by atoms with Gasteiger partial charge in [-0.2, -0.15) is 0 Å². The molecule has 0 bridgehead atoms. The van der Waals surface area contributed by atoms with Crippen molar-refractivity contribution in [3.63, 3.8) is 0 Å². The van der Waals surface area contributed by atoms with Crippen LogP contribution in [0.5, 0.6) is 11.5 Å². The van der Waals surface area contributed by atoms with Gasteiger partial charge in [-0.25, -0.2) is 13.2 Å². The third-order valence-electron chi connectivity index (χ3n) is 3.40. The summed E-state index contributed by atoms with van der Waals surface area (Å²) < 4.78 is 28.2. The Bertz CT molecular complexity index is 911. The molecule has 6 nitrogen and oxygen atoms in total. The van der Waals surface area contributed by atoms with Crippen LogP contribution >= 0.6 is 0 Å². The summed E-state index contributed by atoms with van der Waals surface area (Å²) in [4.78, 5) is 12.4. The van der Waals surface area contributed by atoms with Gasteiger partial charge in [-0.15, -0.1) is 0 Å². The number of phenols is 2. The van der Waals surface area contributed by atoms with E-state index in [1.807, 2.05) is 0 Å². The van der Waals surface area contributed by atoms with Gasteiger partial charge >= 0.3 is 5.97 Å². The van der Waals surface area contributed by atoms with E-state index in [0.29, 0.717) is 11.1 Å². The number of sulfone groups is 1. The van der Waals surface area contributed by atoms with Crippen LogP contribution in [0.3, 0.4) is 0 Å². The molecule has 0 radical (unpaired) electrons. The molecule has 0 spiro atoms. The Kier molecular flexibility index (Phi) is 5.48. The molecule has 25 heavy (non-hydrogen) atoms. The van der Waals surface area contributed by atoms with Gasteiger partial charge in [0.1, 0.15) is 0 Å². The van der Waals surface area contributed by atoms with E-state index in [0.717, 1.165) is 6.26 Å². The molecule has 0 heterocycles. The number of phenolic OH excluding ortho intramolecular Hbond substituents is 2. The van der Waals surface area contributed by atoms with Crippen molar-refractivity contribution < 1.29 is 28.2 Å². The van der Waals surface area contributed by atoms with Crippen LogP contribution in [0.1, 0.15) is 18.1 Å². The molecule has 0 unspecified atom stereocenters. The summed E-state index contributed by atoms with van der Waals surface area (Å²) in [5.74, 6) is -1.17. The Morgan fingerprint density at radius 1 is 1.08 bits per heavy atom. The van der Waals surface area contributed by atoms with Gasteiger partial charge in [0, 0.05) is 6.26 Å². The number of benzene rings is 2.